The van der Waals surface area contributed by atoms with E-state index in [0.29, 0.717) is 17.6 Å². The topological polar surface area (TPSA) is 69.6 Å². The first-order valence-electron chi connectivity index (χ1n) is 19.4. The van der Waals surface area contributed by atoms with Gasteiger partial charge < -0.3 is 4.42 Å². The highest BCUT2D eigenvalue weighted by molar-refractivity contribution is 6.26. The summed E-state index contributed by atoms with van der Waals surface area (Å²) >= 11 is 0. The molecule has 58 heavy (non-hydrogen) atoms. The van der Waals surface area contributed by atoms with Gasteiger partial charge in [0.1, 0.15) is 11.2 Å². The lowest BCUT2D eigenvalue weighted by Crippen LogP contribution is -2.06. The minimum Gasteiger partial charge on any atom is -0.455 e. The molecule has 0 fully saturated rings. The third-order valence-corrected chi connectivity index (χ3v) is 11.3. The number of furan rings is 1. The van der Waals surface area contributed by atoms with Crippen molar-refractivity contribution < 1.29 is 4.42 Å². The van der Waals surface area contributed by atoms with Crippen LogP contribution >= 0.6 is 0 Å². The molecule has 8 aromatic carbocycles. The van der Waals surface area contributed by atoms with Crippen LogP contribution in [0.5, 0.6) is 0 Å². The maximum Gasteiger partial charge on any atom is 0.238 e. The minimum absolute atomic E-state index is 0.574. The van der Waals surface area contributed by atoms with Crippen LogP contribution < -0.4 is 0 Å². The predicted molar refractivity (Wildman–Crippen MR) is 236 cm³/mol. The Bertz CT molecular complexity index is 3500. The summed E-state index contributed by atoms with van der Waals surface area (Å²) in [6.07, 6.45) is 0. The van der Waals surface area contributed by atoms with Crippen molar-refractivity contribution in [2.45, 2.75) is 0 Å². The van der Waals surface area contributed by atoms with Crippen LogP contribution in [-0.4, -0.2) is 24.5 Å². The van der Waals surface area contributed by atoms with Crippen molar-refractivity contribution in [2.24, 2.45) is 0 Å². The van der Waals surface area contributed by atoms with Crippen LogP contribution in [0.1, 0.15) is 0 Å². The molecule has 12 aromatic rings. The second-order valence-corrected chi connectivity index (χ2v) is 14.6. The quantitative estimate of drug-likeness (QED) is 0.164. The van der Waals surface area contributed by atoms with E-state index in [2.05, 4.69) is 150 Å². The Morgan fingerprint density at radius 2 is 0.931 bits per heavy atom. The fourth-order valence-electron chi connectivity index (χ4n) is 8.62. The average Bonchev–Trinajstić information content (AvgIpc) is 3.85. The van der Waals surface area contributed by atoms with Gasteiger partial charge in [-0.1, -0.05) is 158 Å². The van der Waals surface area contributed by atoms with Crippen molar-refractivity contribution in [3.63, 3.8) is 0 Å². The van der Waals surface area contributed by atoms with E-state index in [1.54, 1.807) is 0 Å². The molecule has 0 atom stereocenters. The number of hydrogen-bond acceptors (Lipinski definition) is 5. The number of aromatic nitrogens is 5. The molecule has 0 saturated heterocycles. The molecule has 6 nitrogen and oxygen atoms in total. The maximum atomic E-state index is 6.83. The average molecular weight is 742 g/mol. The molecule has 0 saturated carbocycles. The molecule has 0 aliphatic carbocycles. The predicted octanol–water partition coefficient (Wildman–Crippen LogP) is 13.2. The Balaban J connectivity index is 1.02. The van der Waals surface area contributed by atoms with Gasteiger partial charge >= 0.3 is 0 Å². The molecule has 0 bridgehead atoms. The Hall–Kier alpha value is -7.96. The van der Waals surface area contributed by atoms with Crippen molar-refractivity contribution >= 4 is 65.4 Å². The molecule has 6 heteroatoms. The van der Waals surface area contributed by atoms with Gasteiger partial charge in [0.15, 0.2) is 11.6 Å². The fraction of sp³-hybridized carbons (Fsp3) is 0. The molecule has 4 aromatic heterocycles. The lowest BCUT2D eigenvalue weighted by molar-refractivity contribution is 0.673. The third kappa shape index (κ3) is 4.98. The molecule has 0 amide bonds. The van der Waals surface area contributed by atoms with Gasteiger partial charge in [0.05, 0.1) is 22.2 Å². The molecule has 0 radical (unpaired) electrons. The van der Waals surface area contributed by atoms with Crippen molar-refractivity contribution in [1.82, 2.24) is 24.5 Å². The van der Waals surface area contributed by atoms with Gasteiger partial charge in [0.2, 0.25) is 5.95 Å². The highest BCUT2D eigenvalue weighted by Gasteiger charge is 2.21. The Morgan fingerprint density at radius 1 is 0.362 bits per heavy atom. The van der Waals surface area contributed by atoms with E-state index in [1.807, 2.05) is 42.5 Å². The van der Waals surface area contributed by atoms with E-state index in [-0.39, 0.29) is 0 Å². The number of rotatable bonds is 5. The summed E-state index contributed by atoms with van der Waals surface area (Å²) in [5, 5.41) is 7.66. The van der Waals surface area contributed by atoms with Crippen LogP contribution in [0.4, 0.5) is 0 Å². The standard InChI is InChI=1S/C52H31N5O/c1-3-14-33(15-4-1)48-40-30-31-41-46-36(21-13-25-45(46)58-49(41)47(40)39-20-7-10-22-42(39)53-48)32-26-28-35(29-27-32)51-54-50(34-16-5-2-6-17-34)55-52(56-51)57-43-23-11-8-18-37(43)38-19-9-12-24-44(38)57/h1-31H. The number of fused-ring (bicyclic) bond motifs is 10. The van der Waals surface area contributed by atoms with Gasteiger partial charge in [0.25, 0.3) is 0 Å². The molecule has 0 aliphatic rings. The molecular formula is C52H31N5O. The van der Waals surface area contributed by atoms with Crippen LogP contribution in [0.2, 0.25) is 0 Å². The monoisotopic (exact) mass is 741 g/mol. The number of pyridine rings is 1. The molecular weight excluding hydrogens is 711 g/mol. The van der Waals surface area contributed by atoms with Gasteiger partial charge in [-0.15, -0.1) is 0 Å². The first-order valence-corrected chi connectivity index (χ1v) is 19.4. The molecule has 4 heterocycles. The maximum absolute atomic E-state index is 6.83. The van der Waals surface area contributed by atoms with E-state index < -0.39 is 0 Å². The second-order valence-electron chi connectivity index (χ2n) is 14.6. The lowest BCUT2D eigenvalue weighted by atomic mass is 9.95. The van der Waals surface area contributed by atoms with Gasteiger partial charge in [-0.3, -0.25) is 4.57 Å². The molecule has 0 aliphatic heterocycles. The van der Waals surface area contributed by atoms with E-state index in [9.17, 15) is 0 Å². The highest BCUT2D eigenvalue weighted by Crippen LogP contribution is 2.43. The largest absolute Gasteiger partial charge is 0.455 e. The summed E-state index contributed by atoms with van der Waals surface area (Å²) < 4.78 is 8.97. The van der Waals surface area contributed by atoms with Crippen LogP contribution in [0.3, 0.4) is 0 Å². The normalized spacial score (nSPS) is 11.8. The zero-order valence-electron chi connectivity index (χ0n) is 31.0. The third-order valence-electron chi connectivity index (χ3n) is 11.3. The lowest BCUT2D eigenvalue weighted by Gasteiger charge is -2.11. The fourth-order valence-corrected chi connectivity index (χ4v) is 8.62. The van der Waals surface area contributed by atoms with E-state index >= 15 is 0 Å². The van der Waals surface area contributed by atoms with Crippen molar-refractivity contribution in [1.29, 1.82) is 0 Å². The second kappa shape index (κ2) is 12.8. The van der Waals surface area contributed by atoms with Crippen LogP contribution in [0.25, 0.3) is 117 Å². The van der Waals surface area contributed by atoms with Crippen LogP contribution in [-0.2, 0) is 0 Å². The zero-order chi connectivity index (χ0) is 38.2. The summed E-state index contributed by atoms with van der Waals surface area (Å²) in [6, 6.07) is 64.9. The van der Waals surface area contributed by atoms with Crippen molar-refractivity contribution in [3.05, 3.63) is 188 Å². The molecule has 0 N–H and O–H groups in total. The molecule has 12 rings (SSSR count). The van der Waals surface area contributed by atoms with E-state index in [4.69, 9.17) is 24.4 Å². The Labute approximate surface area is 332 Å². The first-order chi connectivity index (χ1) is 28.8. The number of para-hydroxylation sites is 3. The Kier molecular flexibility index (Phi) is 7.13. The first kappa shape index (κ1) is 32.3. The minimum atomic E-state index is 0.574. The molecule has 0 unspecified atom stereocenters. The smallest absolute Gasteiger partial charge is 0.238 e. The molecule has 0 spiro atoms. The van der Waals surface area contributed by atoms with Gasteiger partial charge in [0, 0.05) is 54.4 Å². The van der Waals surface area contributed by atoms with Crippen LogP contribution in [0.15, 0.2) is 192 Å². The number of hydrogen-bond donors (Lipinski definition) is 0. The summed E-state index contributed by atoms with van der Waals surface area (Å²) in [5.74, 6) is 1.79. The summed E-state index contributed by atoms with van der Waals surface area (Å²) in [6.45, 7) is 0. The van der Waals surface area contributed by atoms with Gasteiger partial charge in [-0.2, -0.15) is 9.97 Å². The number of nitrogens with zero attached hydrogens (tertiary/aromatic N) is 5. The summed E-state index contributed by atoms with van der Waals surface area (Å²) in [5.41, 5.74) is 10.7. The Morgan fingerprint density at radius 3 is 1.64 bits per heavy atom. The van der Waals surface area contributed by atoms with Gasteiger partial charge in [-0.05, 0) is 41.5 Å². The molecule has 270 valence electrons. The summed E-state index contributed by atoms with van der Waals surface area (Å²) in [4.78, 5) is 20.4. The van der Waals surface area contributed by atoms with Crippen molar-refractivity contribution in [3.8, 4) is 51.1 Å². The SMILES string of the molecule is c1ccc(-c2nc(-c3ccc(-c4cccc5oc6c(ccc7c(-c8ccccc8)nc8ccccc8c76)c45)cc3)nc(-n3c4ccccc4c4ccccc43)n2)cc1. The highest BCUT2D eigenvalue weighted by atomic mass is 16.3. The van der Waals surface area contributed by atoms with Crippen LogP contribution in [0, 0.1) is 0 Å². The van der Waals surface area contributed by atoms with E-state index in [1.165, 1.54) is 0 Å². The van der Waals surface area contributed by atoms with E-state index in [0.717, 1.165) is 98.9 Å². The summed E-state index contributed by atoms with van der Waals surface area (Å²) in [7, 11) is 0. The van der Waals surface area contributed by atoms with Gasteiger partial charge in [-0.25, -0.2) is 9.97 Å². The number of benzene rings is 8. The zero-order valence-corrected chi connectivity index (χ0v) is 31.0. The van der Waals surface area contributed by atoms with Crippen molar-refractivity contribution in [2.75, 3.05) is 0 Å².